The van der Waals surface area contributed by atoms with Gasteiger partial charge in [-0.25, -0.2) is 0 Å². The van der Waals surface area contributed by atoms with E-state index in [0.717, 1.165) is 26.4 Å². The summed E-state index contributed by atoms with van der Waals surface area (Å²) in [5.74, 6) is 0.331. The van der Waals surface area contributed by atoms with E-state index in [-0.39, 0.29) is 0 Å². The number of para-hydroxylation sites is 1. The van der Waals surface area contributed by atoms with E-state index in [1.54, 1.807) is 11.3 Å². The molecule has 0 spiro atoms. The van der Waals surface area contributed by atoms with Gasteiger partial charge in [-0.1, -0.05) is 30.3 Å². The minimum atomic E-state index is 0.331. The summed E-state index contributed by atoms with van der Waals surface area (Å²) in [4.78, 5) is 5.39. The fraction of sp³-hybridized carbons (Fsp3) is 0.0625. The Balaban J connectivity index is 2.09. The molecular formula is C16H13NOS. The van der Waals surface area contributed by atoms with Gasteiger partial charge in [0.2, 0.25) is 0 Å². The molecule has 3 aromatic rings. The van der Waals surface area contributed by atoms with Gasteiger partial charge in [0.15, 0.2) is 0 Å². The Kier molecular flexibility index (Phi) is 3.05. The Morgan fingerprint density at radius 1 is 1.00 bits per heavy atom. The molecule has 2 aromatic carbocycles. The molecule has 0 radical (unpaired) electrons. The summed E-state index contributed by atoms with van der Waals surface area (Å²) in [7, 11) is 0. The molecule has 0 fully saturated rings. The van der Waals surface area contributed by atoms with Crippen LogP contribution in [0.2, 0.25) is 0 Å². The largest absolute Gasteiger partial charge is 0.506 e. The molecule has 94 valence electrons. The molecule has 0 saturated carbocycles. The van der Waals surface area contributed by atoms with Crippen molar-refractivity contribution in [2.24, 2.45) is 4.99 Å². The first-order valence-electron chi connectivity index (χ1n) is 6.07. The van der Waals surface area contributed by atoms with Crippen LogP contribution < -0.4 is 0 Å². The number of hydrogen-bond donors (Lipinski definition) is 1. The monoisotopic (exact) mass is 267 g/mol. The van der Waals surface area contributed by atoms with Crippen molar-refractivity contribution < 1.29 is 5.11 Å². The third-order valence-corrected chi connectivity index (χ3v) is 4.22. The van der Waals surface area contributed by atoms with Crippen molar-refractivity contribution in [2.75, 3.05) is 0 Å². The summed E-state index contributed by atoms with van der Waals surface area (Å²) in [6, 6.07) is 17.6. The predicted molar refractivity (Wildman–Crippen MR) is 81.8 cm³/mol. The maximum atomic E-state index is 10.3. The zero-order chi connectivity index (χ0) is 13.2. The van der Waals surface area contributed by atoms with Gasteiger partial charge < -0.3 is 5.11 Å². The smallest absolute Gasteiger partial charge is 0.143 e. The number of hydrogen-bond acceptors (Lipinski definition) is 3. The lowest BCUT2D eigenvalue weighted by Gasteiger charge is -1.99. The maximum Gasteiger partial charge on any atom is 0.143 e. The lowest BCUT2D eigenvalue weighted by molar-refractivity contribution is 0.482. The van der Waals surface area contributed by atoms with E-state index in [4.69, 9.17) is 0 Å². The molecule has 3 rings (SSSR count). The van der Waals surface area contributed by atoms with E-state index in [9.17, 15) is 5.11 Å². The summed E-state index contributed by atoms with van der Waals surface area (Å²) >= 11 is 1.57. The summed E-state index contributed by atoms with van der Waals surface area (Å²) in [5.41, 5.74) is 1.74. The van der Waals surface area contributed by atoms with Crippen LogP contribution in [0.4, 0.5) is 5.69 Å². The van der Waals surface area contributed by atoms with Crippen molar-refractivity contribution in [3.8, 4) is 5.75 Å². The summed E-state index contributed by atoms with van der Waals surface area (Å²) in [6.07, 6.45) is 0. The molecule has 2 nitrogen and oxygen atoms in total. The number of thiophene rings is 1. The zero-order valence-electron chi connectivity index (χ0n) is 10.5. The van der Waals surface area contributed by atoms with Gasteiger partial charge in [0.1, 0.15) is 5.75 Å². The molecule has 1 N–H and O–H groups in total. The van der Waals surface area contributed by atoms with Gasteiger partial charge in [0, 0.05) is 10.1 Å². The third kappa shape index (κ3) is 2.25. The lowest BCUT2D eigenvalue weighted by atomic mass is 10.2. The maximum absolute atomic E-state index is 10.3. The van der Waals surface area contributed by atoms with Crippen LogP contribution in [0.25, 0.3) is 10.1 Å². The first kappa shape index (κ1) is 11.9. The quantitative estimate of drug-likeness (QED) is 0.668. The second-order valence-electron chi connectivity index (χ2n) is 4.31. The number of benzene rings is 2. The van der Waals surface area contributed by atoms with Gasteiger partial charge in [0.05, 0.1) is 16.3 Å². The first-order chi connectivity index (χ1) is 9.25. The molecule has 0 aliphatic rings. The molecule has 1 heterocycles. The van der Waals surface area contributed by atoms with Gasteiger partial charge in [0.25, 0.3) is 0 Å². The van der Waals surface area contributed by atoms with E-state index in [1.807, 2.05) is 61.5 Å². The Morgan fingerprint density at radius 2 is 1.68 bits per heavy atom. The standard InChI is InChI=1S/C16H13NOS/c1-11(17-12-7-3-2-4-8-12)16-15(18)13-9-5-6-10-14(13)19-16/h2-10,18H,1H3. The molecule has 0 saturated heterocycles. The van der Waals surface area contributed by atoms with E-state index >= 15 is 0 Å². The average molecular weight is 267 g/mol. The summed E-state index contributed by atoms with van der Waals surface area (Å²) < 4.78 is 1.08. The van der Waals surface area contributed by atoms with E-state index in [1.165, 1.54) is 0 Å². The lowest BCUT2D eigenvalue weighted by Crippen LogP contribution is -1.89. The Labute approximate surface area is 115 Å². The van der Waals surface area contributed by atoms with Gasteiger partial charge in [-0.2, -0.15) is 0 Å². The van der Waals surface area contributed by atoms with E-state index in [0.29, 0.717) is 5.75 Å². The number of aliphatic imine (C=N–C) groups is 1. The average Bonchev–Trinajstić information content (AvgIpc) is 2.78. The Morgan fingerprint density at radius 3 is 2.42 bits per heavy atom. The minimum absolute atomic E-state index is 0.331. The third-order valence-electron chi connectivity index (χ3n) is 2.95. The van der Waals surface area contributed by atoms with Crippen molar-refractivity contribution in [2.45, 2.75) is 6.92 Å². The number of fused-ring (bicyclic) bond motifs is 1. The van der Waals surface area contributed by atoms with Crippen molar-refractivity contribution in [3.05, 3.63) is 59.5 Å². The van der Waals surface area contributed by atoms with Gasteiger partial charge >= 0.3 is 0 Å². The fourth-order valence-electron chi connectivity index (χ4n) is 2.02. The van der Waals surface area contributed by atoms with Crippen LogP contribution in [0.1, 0.15) is 11.8 Å². The second kappa shape index (κ2) is 4.86. The highest BCUT2D eigenvalue weighted by Crippen LogP contribution is 2.37. The highest BCUT2D eigenvalue weighted by Gasteiger charge is 2.12. The highest BCUT2D eigenvalue weighted by molar-refractivity contribution is 7.21. The molecule has 0 aliphatic heterocycles. The molecule has 0 amide bonds. The van der Waals surface area contributed by atoms with E-state index < -0.39 is 0 Å². The molecule has 0 unspecified atom stereocenters. The first-order valence-corrected chi connectivity index (χ1v) is 6.88. The van der Waals surface area contributed by atoms with Crippen molar-refractivity contribution >= 4 is 32.8 Å². The molecule has 3 heteroatoms. The molecule has 0 bridgehead atoms. The molecule has 1 aromatic heterocycles. The van der Waals surface area contributed by atoms with Crippen molar-refractivity contribution in [1.82, 2.24) is 0 Å². The topological polar surface area (TPSA) is 32.6 Å². The molecule has 0 atom stereocenters. The van der Waals surface area contributed by atoms with Crippen LogP contribution in [-0.4, -0.2) is 10.8 Å². The van der Waals surface area contributed by atoms with Crippen LogP contribution in [-0.2, 0) is 0 Å². The van der Waals surface area contributed by atoms with E-state index in [2.05, 4.69) is 4.99 Å². The van der Waals surface area contributed by atoms with Gasteiger partial charge in [-0.3, -0.25) is 4.99 Å². The fourth-order valence-corrected chi connectivity index (χ4v) is 3.07. The summed E-state index contributed by atoms with van der Waals surface area (Å²) in [5, 5.41) is 11.2. The van der Waals surface area contributed by atoms with Gasteiger partial charge in [-0.15, -0.1) is 11.3 Å². The second-order valence-corrected chi connectivity index (χ2v) is 5.36. The van der Waals surface area contributed by atoms with Crippen LogP contribution in [0.3, 0.4) is 0 Å². The number of nitrogens with zero attached hydrogens (tertiary/aromatic N) is 1. The van der Waals surface area contributed by atoms with Crippen LogP contribution in [0.5, 0.6) is 5.75 Å². The van der Waals surface area contributed by atoms with Crippen LogP contribution in [0.15, 0.2) is 59.6 Å². The predicted octanol–water partition coefficient (Wildman–Crippen LogP) is 4.75. The van der Waals surface area contributed by atoms with Gasteiger partial charge in [-0.05, 0) is 31.2 Å². The number of rotatable bonds is 2. The SMILES string of the molecule is CC(=Nc1ccccc1)c1sc2ccccc2c1O. The van der Waals surface area contributed by atoms with Crippen molar-refractivity contribution in [1.29, 1.82) is 0 Å². The molecule has 19 heavy (non-hydrogen) atoms. The number of aromatic hydroxyl groups is 1. The Hall–Kier alpha value is -2.13. The Bertz CT molecular complexity index is 744. The minimum Gasteiger partial charge on any atom is -0.506 e. The zero-order valence-corrected chi connectivity index (χ0v) is 11.3. The van der Waals surface area contributed by atoms with Crippen molar-refractivity contribution in [3.63, 3.8) is 0 Å². The highest BCUT2D eigenvalue weighted by atomic mass is 32.1. The van der Waals surface area contributed by atoms with Crippen LogP contribution in [0, 0.1) is 0 Å². The van der Waals surface area contributed by atoms with Crippen LogP contribution >= 0.6 is 11.3 Å². The normalized spacial score (nSPS) is 11.9. The molecule has 0 aliphatic carbocycles. The summed E-state index contributed by atoms with van der Waals surface area (Å²) in [6.45, 7) is 1.93. The molecular weight excluding hydrogens is 254 g/mol.